The van der Waals surface area contributed by atoms with Crippen molar-refractivity contribution in [3.63, 3.8) is 0 Å². The Balaban J connectivity index is 1.14. The lowest BCUT2D eigenvalue weighted by atomic mass is 9.83. The highest BCUT2D eigenvalue weighted by atomic mass is 16.3. The molecule has 4 heteroatoms. The number of allylic oxidation sites excluding steroid dienone is 7. The molecular formula is C54H38N2O2. The van der Waals surface area contributed by atoms with Gasteiger partial charge in [0.05, 0.1) is 17.1 Å². The van der Waals surface area contributed by atoms with Crippen molar-refractivity contribution in [3.8, 4) is 11.1 Å². The van der Waals surface area contributed by atoms with E-state index in [0.29, 0.717) is 5.92 Å². The van der Waals surface area contributed by atoms with Crippen LogP contribution >= 0.6 is 0 Å². The number of nitrogens with zero attached hydrogens (tertiary/aromatic N) is 2. The molecule has 13 rings (SSSR count). The summed E-state index contributed by atoms with van der Waals surface area (Å²) in [6.07, 6.45) is 23.0. The molecule has 3 aromatic heterocycles. The van der Waals surface area contributed by atoms with Gasteiger partial charge in [-0.1, -0.05) is 134 Å². The summed E-state index contributed by atoms with van der Waals surface area (Å²) < 4.78 is 16.9. The lowest BCUT2D eigenvalue weighted by Crippen LogP contribution is -2.28. The molecule has 9 aromatic rings. The molecule has 3 aliphatic carbocycles. The van der Waals surface area contributed by atoms with Crippen molar-refractivity contribution >= 4 is 77.9 Å². The molecule has 58 heavy (non-hydrogen) atoms. The zero-order valence-corrected chi connectivity index (χ0v) is 31.8. The van der Waals surface area contributed by atoms with Crippen molar-refractivity contribution in [2.75, 3.05) is 4.90 Å². The molecule has 4 aliphatic rings. The second kappa shape index (κ2) is 12.2. The SMILES string of the molecule is C1=CCC(c2c(-c3ccccc3)c3oc4ccc(N5c6ccccc6C6C=CC=CC65)cc4c3c3c4c(oc23)CCC(n2c3ccccc3c3ccccc32)=C4)C=C1. The fourth-order valence-electron chi connectivity index (χ4n) is 10.7. The van der Waals surface area contributed by atoms with Gasteiger partial charge in [0, 0.05) is 78.9 Å². The summed E-state index contributed by atoms with van der Waals surface area (Å²) in [6, 6.07) is 44.3. The molecule has 0 N–H and O–H groups in total. The minimum Gasteiger partial charge on any atom is -0.460 e. The largest absolute Gasteiger partial charge is 0.460 e. The number of benzene rings is 6. The second-order valence-electron chi connectivity index (χ2n) is 16.2. The number of furan rings is 2. The first-order valence-electron chi connectivity index (χ1n) is 20.6. The highest BCUT2D eigenvalue weighted by Crippen LogP contribution is 2.53. The molecule has 1 aliphatic heterocycles. The number of aryl methyl sites for hydroxylation is 1. The molecule has 4 nitrogen and oxygen atoms in total. The monoisotopic (exact) mass is 746 g/mol. The number of rotatable bonds is 4. The van der Waals surface area contributed by atoms with Gasteiger partial charge < -0.3 is 18.3 Å². The van der Waals surface area contributed by atoms with Crippen LogP contribution in [0.25, 0.3) is 77.6 Å². The maximum absolute atomic E-state index is 7.27. The van der Waals surface area contributed by atoms with E-state index >= 15 is 0 Å². The lowest BCUT2D eigenvalue weighted by molar-refractivity contribution is 0.541. The molecule has 276 valence electrons. The molecule has 0 amide bonds. The van der Waals surface area contributed by atoms with Crippen molar-refractivity contribution in [2.45, 2.75) is 37.1 Å². The summed E-state index contributed by atoms with van der Waals surface area (Å²) in [5.41, 5.74) is 14.9. The highest BCUT2D eigenvalue weighted by molar-refractivity contribution is 6.26. The standard InChI is InChI=1S/C54H38N2O2/c1-3-15-33(16-4-1)49-50(34-17-5-2-6-18-34)54-52(42-32-36(28-30-48(42)58-54)56-45-25-13-9-21-39(45)40-22-10-14-26-46(40)56)51-41-31-35(27-29-47(41)57-53(49)51)55-43-23-11-7-19-37(43)38-20-8-12-24-44(38)55/h1-17,19-27,29,31-32,34,37,43H,18,28,30H2. The van der Waals surface area contributed by atoms with E-state index in [-0.39, 0.29) is 12.0 Å². The quantitative estimate of drug-likeness (QED) is 0.180. The Morgan fingerprint density at radius 1 is 0.603 bits per heavy atom. The number of hydrogen-bond acceptors (Lipinski definition) is 3. The highest BCUT2D eigenvalue weighted by Gasteiger charge is 2.38. The zero-order valence-electron chi connectivity index (χ0n) is 31.8. The van der Waals surface area contributed by atoms with E-state index in [4.69, 9.17) is 8.83 Å². The van der Waals surface area contributed by atoms with Crippen molar-refractivity contribution in [1.29, 1.82) is 0 Å². The van der Waals surface area contributed by atoms with Gasteiger partial charge in [-0.15, -0.1) is 0 Å². The normalized spacial score (nSPS) is 19.5. The molecule has 0 saturated heterocycles. The average molecular weight is 747 g/mol. The van der Waals surface area contributed by atoms with Crippen LogP contribution in [-0.4, -0.2) is 10.6 Å². The van der Waals surface area contributed by atoms with Gasteiger partial charge in [-0.05, 0) is 66.4 Å². The molecule has 0 radical (unpaired) electrons. The first-order valence-corrected chi connectivity index (χ1v) is 20.6. The summed E-state index contributed by atoms with van der Waals surface area (Å²) in [5, 5.41) is 5.93. The van der Waals surface area contributed by atoms with E-state index in [1.165, 1.54) is 49.9 Å². The molecule has 4 heterocycles. The van der Waals surface area contributed by atoms with Crippen LogP contribution in [0.1, 0.15) is 47.1 Å². The van der Waals surface area contributed by atoms with Crippen molar-refractivity contribution < 1.29 is 8.83 Å². The molecule has 0 saturated carbocycles. The van der Waals surface area contributed by atoms with Crippen molar-refractivity contribution in [2.24, 2.45) is 0 Å². The Hall–Kier alpha value is -7.04. The van der Waals surface area contributed by atoms with Gasteiger partial charge in [-0.3, -0.25) is 0 Å². The predicted octanol–water partition coefficient (Wildman–Crippen LogP) is 14.4. The smallest absolute Gasteiger partial charge is 0.144 e. The maximum Gasteiger partial charge on any atom is 0.144 e. The van der Waals surface area contributed by atoms with E-state index in [1.54, 1.807) is 0 Å². The van der Waals surface area contributed by atoms with Crippen LogP contribution in [0.4, 0.5) is 11.4 Å². The van der Waals surface area contributed by atoms with E-state index in [0.717, 1.165) is 74.7 Å². The van der Waals surface area contributed by atoms with Crippen LogP contribution in [-0.2, 0) is 6.42 Å². The number of anilines is 2. The maximum atomic E-state index is 7.27. The number of aromatic nitrogens is 1. The Bertz CT molecular complexity index is 3290. The van der Waals surface area contributed by atoms with Gasteiger partial charge in [0.25, 0.3) is 0 Å². The van der Waals surface area contributed by atoms with Crippen molar-refractivity contribution in [1.82, 2.24) is 4.57 Å². The molecular weight excluding hydrogens is 709 g/mol. The Morgan fingerprint density at radius 3 is 2.19 bits per heavy atom. The molecule has 0 fully saturated rings. The summed E-state index contributed by atoms with van der Waals surface area (Å²) in [4.78, 5) is 2.52. The molecule has 6 aromatic carbocycles. The van der Waals surface area contributed by atoms with Crippen LogP contribution in [0.15, 0.2) is 179 Å². The van der Waals surface area contributed by atoms with Gasteiger partial charge in [0.1, 0.15) is 22.5 Å². The van der Waals surface area contributed by atoms with Crippen LogP contribution in [0, 0.1) is 0 Å². The predicted molar refractivity (Wildman–Crippen MR) is 240 cm³/mol. The molecule has 0 spiro atoms. The van der Waals surface area contributed by atoms with Crippen molar-refractivity contribution in [3.05, 3.63) is 192 Å². The first-order chi connectivity index (χ1) is 28.8. The Morgan fingerprint density at radius 2 is 1.36 bits per heavy atom. The fraction of sp³-hybridized carbons (Fsp3) is 0.111. The van der Waals surface area contributed by atoms with Gasteiger partial charge >= 0.3 is 0 Å². The second-order valence-corrected chi connectivity index (χ2v) is 16.2. The number of para-hydroxylation sites is 3. The summed E-state index contributed by atoms with van der Waals surface area (Å²) in [7, 11) is 0. The van der Waals surface area contributed by atoms with Gasteiger partial charge in [0.2, 0.25) is 0 Å². The molecule has 3 unspecified atom stereocenters. The zero-order chi connectivity index (χ0) is 37.9. The summed E-state index contributed by atoms with van der Waals surface area (Å²) in [5.74, 6) is 1.48. The minimum absolute atomic E-state index is 0.133. The van der Waals surface area contributed by atoms with Crippen LogP contribution in [0.3, 0.4) is 0 Å². The van der Waals surface area contributed by atoms with Crippen LogP contribution in [0.2, 0.25) is 0 Å². The average Bonchev–Trinajstić information content (AvgIpc) is 4.04. The van der Waals surface area contributed by atoms with Gasteiger partial charge in [-0.25, -0.2) is 0 Å². The Kier molecular flexibility index (Phi) is 6.77. The third-order valence-electron chi connectivity index (χ3n) is 13.1. The van der Waals surface area contributed by atoms with E-state index in [9.17, 15) is 0 Å². The third-order valence-corrected chi connectivity index (χ3v) is 13.1. The lowest BCUT2D eigenvalue weighted by Gasteiger charge is -2.28. The number of fused-ring (bicyclic) bond motifs is 13. The summed E-state index contributed by atoms with van der Waals surface area (Å²) >= 11 is 0. The fourth-order valence-corrected chi connectivity index (χ4v) is 10.7. The molecule has 3 atom stereocenters. The molecule has 0 bridgehead atoms. The van der Waals surface area contributed by atoms with Gasteiger partial charge in [0.15, 0.2) is 0 Å². The summed E-state index contributed by atoms with van der Waals surface area (Å²) in [6.45, 7) is 0. The first kappa shape index (κ1) is 32.1. The Labute approximate surface area is 335 Å². The van der Waals surface area contributed by atoms with E-state index in [2.05, 4.69) is 185 Å². The van der Waals surface area contributed by atoms with Crippen LogP contribution < -0.4 is 4.90 Å². The number of hydrogen-bond donors (Lipinski definition) is 0. The van der Waals surface area contributed by atoms with Crippen LogP contribution in [0.5, 0.6) is 0 Å². The third kappa shape index (κ3) is 4.46. The van der Waals surface area contributed by atoms with Gasteiger partial charge in [-0.2, -0.15) is 0 Å². The van der Waals surface area contributed by atoms with E-state index in [1.807, 2.05) is 0 Å². The topological polar surface area (TPSA) is 34.5 Å². The minimum atomic E-state index is 0.133. The van der Waals surface area contributed by atoms with E-state index < -0.39 is 0 Å².